The molecule has 0 fully saturated rings. The molecule has 0 amide bonds. The van der Waals surface area contributed by atoms with Crippen LogP contribution in [0.4, 0.5) is 15.2 Å². The molecule has 2 N–H and O–H groups in total. The third-order valence-corrected chi connectivity index (χ3v) is 5.52. The van der Waals surface area contributed by atoms with E-state index in [0.29, 0.717) is 5.13 Å². The Balaban J connectivity index is 1.76. The molecule has 5 nitrogen and oxygen atoms in total. The van der Waals surface area contributed by atoms with Gasteiger partial charge >= 0.3 is 0 Å². The minimum absolute atomic E-state index is 0.196. The molecule has 0 spiro atoms. The first-order valence-corrected chi connectivity index (χ1v) is 9.36. The number of halogens is 1. The van der Waals surface area contributed by atoms with Gasteiger partial charge in [0.15, 0.2) is 5.13 Å². The lowest BCUT2D eigenvalue weighted by Crippen LogP contribution is -2.18. The second-order valence-electron chi connectivity index (χ2n) is 4.90. The van der Waals surface area contributed by atoms with Crippen molar-refractivity contribution in [3.63, 3.8) is 0 Å². The van der Waals surface area contributed by atoms with E-state index in [2.05, 4.69) is 15.0 Å². The van der Waals surface area contributed by atoms with Crippen molar-refractivity contribution in [2.24, 2.45) is 0 Å². The molecule has 0 aliphatic rings. The number of thiazole rings is 1. The molecule has 1 aromatic heterocycles. The van der Waals surface area contributed by atoms with Crippen molar-refractivity contribution in [3.05, 3.63) is 59.7 Å². The van der Waals surface area contributed by atoms with Gasteiger partial charge in [-0.15, -0.1) is 11.3 Å². The summed E-state index contributed by atoms with van der Waals surface area (Å²) >= 11 is 1.41. The number of rotatable bonds is 5. The fourth-order valence-electron chi connectivity index (χ4n) is 2.04. The number of sulfonamides is 1. The van der Waals surface area contributed by atoms with Crippen molar-refractivity contribution in [1.29, 1.82) is 0 Å². The molecule has 0 saturated heterocycles. The third-order valence-electron chi connectivity index (χ3n) is 3.33. The number of aromatic nitrogens is 1. The number of hydrogen-bond acceptors (Lipinski definition) is 5. The fraction of sp³-hybridized carbons (Fsp3) is 0.0625. The Morgan fingerprint density at radius 2 is 1.71 bits per heavy atom. The average molecular weight is 363 g/mol. The summed E-state index contributed by atoms with van der Waals surface area (Å²) in [6, 6.07) is 12.5. The van der Waals surface area contributed by atoms with Crippen LogP contribution in [-0.2, 0) is 10.0 Å². The van der Waals surface area contributed by atoms with Crippen LogP contribution in [-0.4, -0.2) is 20.4 Å². The molecule has 0 unspecified atom stereocenters. The first-order valence-electron chi connectivity index (χ1n) is 7.00. The first kappa shape index (κ1) is 16.6. The van der Waals surface area contributed by atoms with Gasteiger partial charge in [0, 0.05) is 16.6 Å². The van der Waals surface area contributed by atoms with Gasteiger partial charge in [-0.05, 0) is 55.6 Å². The minimum Gasteiger partial charge on any atom is -0.332 e. The Bertz CT molecular complexity index is 936. The van der Waals surface area contributed by atoms with Crippen LogP contribution in [0.3, 0.4) is 0 Å². The van der Waals surface area contributed by atoms with Gasteiger partial charge in [-0.2, -0.15) is 0 Å². The number of nitrogens with one attached hydrogen (secondary N) is 2. The predicted molar refractivity (Wildman–Crippen MR) is 93.5 cm³/mol. The molecule has 0 aliphatic heterocycles. The molecule has 8 heteroatoms. The van der Waals surface area contributed by atoms with E-state index in [1.807, 2.05) is 5.38 Å². The Labute approximate surface area is 143 Å². The highest BCUT2D eigenvalue weighted by molar-refractivity contribution is 7.89. The van der Waals surface area contributed by atoms with E-state index in [1.165, 1.54) is 42.6 Å². The summed E-state index contributed by atoms with van der Waals surface area (Å²) in [4.78, 5) is 4.64. The summed E-state index contributed by atoms with van der Waals surface area (Å²) in [5.41, 5.74) is 2.30. The average Bonchev–Trinajstić information content (AvgIpc) is 3.04. The summed E-state index contributed by atoms with van der Waals surface area (Å²) in [5.74, 6) is -0.288. The van der Waals surface area contributed by atoms with Crippen molar-refractivity contribution in [2.45, 2.75) is 4.90 Å². The van der Waals surface area contributed by atoms with Crippen LogP contribution in [0, 0.1) is 5.82 Å². The van der Waals surface area contributed by atoms with Gasteiger partial charge in [0.05, 0.1) is 10.6 Å². The lowest BCUT2D eigenvalue weighted by Gasteiger charge is -2.05. The summed E-state index contributed by atoms with van der Waals surface area (Å²) in [7, 11) is -2.08. The Hall–Kier alpha value is -2.29. The van der Waals surface area contributed by atoms with Gasteiger partial charge in [-0.3, -0.25) is 0 Å². The molecule has 2 aromatic carbocycles. The smallest absolute Gasteiger partial charge is 0.240 e. The lowest BCUT2D eigenvalue weighted by atomic mass is 10.2. The Kier molecular flexibility index (Phi) is 4.61. The van der Waals surface area contributed by atoms with E-state index in [1.54, 1.807) is 24.3 Å². The predicted octanol–water partition coefficient (Wildman–Crippen LogP) is 3.60. The monoisotopic (exact) mass is 363 g/mol. The molecule has 24 heavy (non-hydrogen) atoms. The molecule has 0 atom stereocenters. The number of nitrogens with zero attached hydrogens (tertiary/aromatic N) is 1. The molecule has 3 rings (SSSR count). The molecular formula is C16H14FN3O2S2. The molecular weight excluding hydrogens is 349 g/mol. The molecule has 0 saturated carbocycles. The molecule has 3 aromatic rings. The molecule has 0 bridgehead atoms. The molecule has 0 radical (unpaired) electrons. The van der Waals surface area contributed by atoms with Crippen LogP contribution in [0.2, 0.25) is 0 Å². The molecule has 0 aliphatic carbocycles. The van der Waals surface area contributed by atoms with Crippen LogP contribution in [0.25, 0.3) is 11.3 Å². The van der Waals surface area contributed by atoms with Crippen molar-refractivity contribution < 1.29 is 12.8 Å². The van der Waals surface area contributed by atoms with Crippen LogP contribution < -0.4 is 10.0 Å². The van der Waals surface area contributed by atoms with E-state index in [9.17, 15) is 12.8 Å². The number of benzene rings is 2. The third kappa shape index (κ3) is 3.61. The van der Waals surface area contributed by atoms with E-state index >= 15 is 0 Å². The van der Waals surface area contributed by atoms with Gasteiger partial charge in [0.1, 0.15) is 5.82 Å². The zero-order valence-electron chi connectivity index (χ0n) is 12.7. The Morgan fingerprint density at radius 3 is 2.33 bits per heavy atom. The highest BCUT2D eigenvalue weighted by Gasteiger charge is 2.11. The first-order chi connectivity index (χ1) is 11.5. The minimum atomic E-state index is -3.44. The van der Waals surface area contributed by atoms with Crippen molar-refractivity contribution >= 4 is 32.2 Å². The maximum Gasteiger partial charge on any atom is 0.240 e. The van der Waals surface area contributed by atoms with Crippen LogP contribution in [0.5, 0.6) is 0 Å². The summed E-state index contributed by atoms with van der Waals surface area (Å²) in [5, 5.41) is 5.66. The lowest BCUT2D eigenvalue weighted by molar-refractivity contribution is 0.588. The maximum absolute atomic E-state index is 13.0. The van der Waals surface area contributed by atoms with Gasteiger partial charge in [-0.25, -0.2) is 22.5 Å². The van der Waals surface area contributed by atoms with Crippen molar-refractivity contribution in [1.82, 2.24) is 9.71 Å². The van der Waals surface area contributed by atoms with E-state index in [-0.39, 0.29) is 10.7 Å². The van der Waals surface area contributed by atoms with Crippen LogP contribution >= 0.6 is 11.3 Å². The molecule has 124 valence electrons. The van der Waals surface area contributed by atoms with Gasteiger partial charge in [-0.1, -0.05) is 0 Å². The van der Waals surface area contributed by atoms with E-state index in [4.69, 9.17) is 0 Å². The zero-order valence-corrected chi connectivity index (χ0v) is 14.3. The summed E-state index contributed by atoms with van der Waals surface area (Å²) < 4.78 is 38.6. The Morgan fingerprint density at radius 1 is 1.04 bits per heavy atom. The standard InChI is InChI=1S/C16H14FN3O2S2/c1-18-24(21,22)14-8-6-13(7-9-14)19-16-20-15(10-23-16)11-2-4-12(17)5-3-11/h2-10,18H,1H3,(H,19,20). The highest BCUT2D eigenvalue weighted by atomic mass is 32.2. The topological polar surface area (TPSA) is 71.1 Å². The number of hydrogen-bond donors (Lipinski definition) is 2. The summed E-state index contributed by atoms with van der Waals surface area (Å²) in [6.45, 7) is 0. The quantitative estimate of drug-likeness (QED) is 0.727. The van der Waals surface area contributed by atoms with Crippen LogP contribution in [0.1, 0.15) is 0 Å². The second kappa shape index (κ2) is 6.68. The maximum atomic E-state index is 13.0. The van der Waals surface area contributed by atoms with Gasteiger partial charge < -0.3 is 5.32 Å². The van der Waals surface area contributed by atoms with E-state index < -0.39 is 10.0 Å². The SMILES string of the molecule is CNS(=O)(=O)c1ccc(Nc2nc(-c3ccc(F)cc3)cs2)cc1. The number of anilines is 2. The molecule has 1 heterocycles. The fourth-order valence-corrected chi connectivity index (χ4v) is 3.51. The summed E-state index contributed by atoms with van der Waals surface area (Å²) in [6.07, 6.45) is 0. The second-order valence-corrected chi connectivity index (χ2v) is 7.65. The zero-order chi connectivity index (χ0) is 17.2. The van der Waals surface area contributed by atoms with Gasteiger partial charge in [0.25, 0.3) is 0 Å². The normalized spacial score (nSPS) is 11.4. The van der Waals surface area contributed by atoms with Crippen molar-refractivity contribution in [2.75, 3.05) is 12.4 Å². The van der Waals surface area contributed by atoms with Crippen molar-refractivity contribution in [3.8, 4) is 11.3 Å². The van der Waals surface area contributed by atoms with E-state index in [0.717, 1.165) is 16.9 Å². The van der Waals surface area contributed by atoms with Crippen LogP contribution in [0.15, 0.2) is 58.8 Å². The van der Waals surface area contributed by atoms with Gasteiger partial charge in [0.2, 0.25) is 10.0 Å². The highest BCUT2D eigenvalue weighted by Crippen LogP contribution is 2.27. The largest absolute Gasteiger partial charge is 0.332 e.